The lowest BCUT2D eigenvalue weighted by molar-refractivity contribution is -0.382. The SMILES string of the molecule is CN(CCc1ccccc1)c1nc(=O)c2cccc([N+](=O)[O-])c2s1. The maximum Gasteiger partial charge on any atom is 0.287 e. The van der Waals surface area contributed by atoms with Gasteiger partial charge in [0.2, 0.25) is 0 Å². The summed E-state index contributed by atoms with van der Waals surface area (Å²) in [6, 6.07) is 14.5. The fraction of sp³-hybridized carbons (Fsp3) is 0.176. The molecule has 0 saturated heterocycles. The zero-order chi connectivity index (χ0) is 17.1. The summed E-state index contributed by atoms with van der Waals surface area (Å²) in [7, 11) is 1.84. The fourth-order valence-electron chi connectivity index (χ4n) is 2.41. The van der Waals surface area contributed by atoms with Crippen molar-refractivity contribution in [3.05, 3.63) is 74.6 Å². The zero-order valence-electron chi connectivity index (χ0n) is 13.0. The highest BCUT2D eigenvalue weighted by atomic mass is 32.1. The van der Waals surface area contributed by atoms with E-state index in [0.717, 1.165) is 6.42 Å². The largest absolute Gasteiger partial charge is 0.351 e. The number of hydrogen-bond donors (Lipinski definition) is 0. The minimum Gasteiger partial charge on any atom is -0.351 e. The Balaban J connectivity index is 1.93. The second-order valence-electron chi connectivity index (χ2n) is 5.37. The first kappa shape index (κ1) is 16.1. The van der Waals surface area contributed by atoms with Crippen molar-refractivity contribution in [1.29, 1.82) is 0 Å². The van der Waals surface area contributed by atoms with Crippen LogP contribution < -0.4 is 10.5 Å². The first-order chi connectivity index (χ1) is 11.6. The standard InChI is InChI=1S/C17H15N3O3S/c1-19(11-10-12-6-3-2-4-7-12)17-18-16(21)13-8-5-9-14(20(22)23)15(13)24-17/h2-9H,10-11H2,1H3. The molecular weight excluding hydrogens is 326 g/mol. The van der Waals surface area contributed by atoms with Crippen molar-refractivity contribution in [3.63, 3.8) is 0 Å². The first-order valence-corrected chi connectivity index (χ1v) is 8.21. The lowest BCUT2D eigenvalue weighted by Crippen LogP contribution is -2.23. The Morgan fingerprint density at radius 3 is 2.62 bits per heavy atom. The highest BCUT2D eigenvalue weighted by Gasteiger charge is 2.17. The molecule has 0 fully saturated rings. The van der Waals surface area contributed by atoms with Crippen LogP contribution in [0.1, 0.15) is 5.56 Å². The molecule has 0 unspecified atom stereocenters. The summed E-state index contributed by atoms with van der Waals surface area (Å²) in [6.45, 7) is 0.666. The highest BCUT2D eigenvalue weighted by molar-refractivity contribution is 7.22. The second-order valence-corrected chi connectivity index (χ2v) is 6.35. The van der Waals surface area contributed by atoms with E-state index in [-0.39, 0.29) is 11.1 Å². The van der Waals surface area contributed by atoms with Crippen LogP contribution in [0.2, 0.25) is 0 Å². The number of non-ortho nitro benzene ring substituents is 1. The molecule has 1 aromatic heterocycles. The molecule has 0 bridgehead atoms. The van der Waals surface area contributed by atoms with Gasteiger partial charge in [0.25, 0.3) is 11.2 Å². The number of nitrogens with zero attached hydrogens (tertiary/aromatic N) is 3. The third-order valence-corrected chi connectivity index (χ3v) is 4.94. The summed E-state index contributed by atoms with van der Waals surface area (Å²) in [4.78, 5) is 28.9. The number of likely N-dealkylation sites (N-methyl/N-ethyl adjacent to an activating group) is 1. The highest BCUT2D eigenvalue weighted by Crippen LogP contribution is 2.30. The molecule has 0 saturated carbocycles. The number of aromatic nitrogens is 1. The molecule has 1 heterocycles. The Bertz CT molecular complexity index is 941. The van der Waals surface area contributed by atoms with Crippen LogP contribution in [0.3, 0.4) is 0 Å². The summed E-state index contributed by atoms with van der Waals surface area (Å²) < 4.78 is 0.365. The third-order valence-electron chi connectivity index (χ3n) is 3.72. The van der Waals surface area contributed by atoms with Crippen molar-refractivity contribution in [1.82, 2.24) is 4.98 Å². The molecule has 7 heteroatoms. The van der Waals surface area contributed by atoms with Crippen LogP contribution in [0.5, 0.6) is 0 Å². The molecule has 0 atom stereocenters. The minimum absolute atomic E-state index is 0.0605. The third kappa shape index (κ3) is 3.26. The lowest BCUT2D eigenvalue weighted by Gasteiger charge is -2.17. The fourth-order valence-corrected chi connectivity index (χ4v) is 3.48. The van der Waals surface area contributed by atoms with Gasteiger partial charge >= 0.3 is 0 Å². The van der Waals surface area contributed by atoms with Gasteiger partial charge in [-0.15, -0.1) is 0 Å². The number of nitro benzene ring substituents is 1. The van der Waals surface area contributed by atoms with E-state index in [4.69, 9.17) is 0 Å². The molecule has 0 radical (unpaired) electrons. The molecule has 122 valence electrons. The van der Waals surface area contributed by atoms with Gasteiger partial charge in [0.1, 0.15) is 4.70 Å². The maximum absolute atomic E-state index is 12.2. The molecule has 0 N–H and O–H groups in total. The van der Waals surface area contributed by atoms with E-state index in [0.29, 0.717) is 16.4 Å². The van der Waals surface area contributed by atoms with Crippen molar-refractivity contribution < 1.29 is 4.92 Å². The summed E-state index contributed by atoms with van der Waals surface area (Å²) in [6.07, 6.45) is 0.800. The van der Waals surface area contributed by atoms with Crippen LogP contribution >= 0.6 is 11.3 Å². The Labute approximate surface area is 142 Å². The lowest BCUT2D eigenvalue weighted by atomic mass is 10.1. The van der Waals surface area contributed by atoms with Gasteiger partial charge in [-0.05, 0) is 18.1 Å². The zero-order valence-corrected chi connectivity index (χ0v) is 13.8. The van der Waals surface area contributed by atoms with Gasteiger partial charge in [-0.1, -0.05) is 47.7 Å². The molecule has 6 nitrogen and oxygen atoms in total. The van der Waals surface area contributed by atoms with Gasteiger partial charge in [0, 0.05) is 19.7 Å². The van der Waals surface area contributed by atoms with Crippen molar-refractivity contribution in [2.24, 2.45) is 0 Å². The van der Waals surface area contributed by atoms with Crippen LogP contribution in [0.15, 0.2) is 53.3 Å². The van der Waals surface area contributed by atoms with E-state index in [1.807, 2.05) is 42.3 Å². The molecule has 0 aliphatic heterocycles. The van der Waals surface area contributed by atoms with Crippen molar-refractivity contribution >= 4 is 32.2 Å². The van der Waals surface area contributed by atoms with Crippen LogP contribution in [-0.2, 0) is 6.42 Å². The van der Waals surface area contributed by atoms with Gasteiger partial charge in [-0.3, -0.25) is 14.9 Å². The topological polar surface area (TPSA) is 76.3 Å². The molecule has 24 heavy (non-hydrogen) atoms. The minimum atomic E-state index is -0.466. The molecule has 0 amide bonds. The summed E-state index contributed by atoms with van der Waals surface area (Å²) >= 11 is 1.17. The molecule has 3 aromatic rings. The Kier molecular flexibility index (Phi) is 4.52. The van der Waals surface area contributed by atoms with Gasteiger partial charge in [0.15, 0.2) is 5.13 Å². The number of anilines is 1. The summed E-state index contributed by atoms with van der Waals surface area (Å²) in [5, 5.41) is 12.0. The van der Waals surface area contributed by atoms with Crippen LogP contribution in [-0.4, -0.2) is 23.5 Å². The predicted molar refractivity (Wildman–Crippen MR) is 96.0 cm³/mol. The van der Waals surface area contributed by atoms with E-state index in [1.165, 1.54) is 29.0 Å². The van der Waals surface area contributed by atoms with Crippen molar-refractivity contribution in [3.8, 4) is 0 Å². The average Bonchev–Trinajstić information content (AvgIpc) is 2.60. The summed E-state index contributed by atoms with van der Waals surface area (Å²) in [5.41, 5.74) is 0.687. The smallest absolute Gasteiger partial charge is 0.287 e. The Morgan fingerprint density at radius 2 is 1.92 bits per heavy atom. The van der Waals surface area contributed by atoms with E-state index >= 15 is 0 Å². The molecule has 0 aliphatic carbocycles. The van der Waals surface area contributed by atoms with E-state index in [2.05, 4.69) is 4.98 Å². The van der Waals surface area contributed by atoms with E-state index in [9.17, 15) is 14.9 Å². The van der Waals surface area contributed by atoms with Crippen molar-refractivity contribution in [2.45, 2.75) is 6.42 Å². The number of nitro groups is 1. The maximum atomic E-state index is 12.2. The van der Waals surface area contributed by atoms with Gasteiger partial charge < -0.3 is 4.90 Å². The Hall–Kier alpha value is -2.80. The van der Waals surface area contributed by atoms with Crippen LogP contribution in [0.25, 0.3) is 10.1 Å². The molecule has 0 aliphatic rings. The van der Waals surface area contributed by atoms with E-state index in [1.54, 1.807) is 6.07 Å². The first-order valence-electron chi connectivity index (χ1n) is 7.39. The van der Waals surface area contributed by atoms with Crippen LogP contribution in [0, 0.1) is 10.1 Å². The second kappa shape index (κ2) is 6.76. The number of fused-ring (bicyclic) bond motifs is 1. The number of benzene rings is 2. The predicted octanol–water partition coefficient (Wildman–Crippen LogP) is 3.24. The number of hydrogen-bond acceptors (Lipinski definition) is 6. The van der Waals surface area contributed by atoms with Gasteiger partial charge in [0.05, 0.1) is 10.3 Å². The van der Waals surface area contributed by atoms with E-state index < -0.39 is 10.5 Å². The Morgan fingerprint density at radius 1 is 1.17 bits per heavy atom. The van der Waals surface area contributed by atoms with Crippen LogP contribution in [0.4, 0.5) is 10.8 Å². The average molecular weight is 341 g/mol. The van der Waals surface area contributed by atoms with Crippen molar-refractivity contribution in [2.75, 3.05) is 18.5 Å². The molecule has 3 rings (SSSR count). The quantitative estimate of drug-likeness (QED) is 0.526. The molecule has 0 spiro atoms. The monoisotopic (exact) mass is 341 g/mol. The number of rotatable bonds is 5. The normalized spacial score (nSPS) is 10.7. The van der Waals surface area contributed by atoms with Gasteiger partial charge in [-0.2, -0.15) is 4.98 Å². The van der Waals surface area contributed by atoms with Gasteiger partial charge in [-0.25, -0.2) is 0 Å². The summed E-state index contributed by atoms with van der Waals surface area (Å²) in [5.74, 6) is 0. The molecular formula is C17H15N3O3S. The molecule has 2 aromatic carbocycles.